The second-order valence-electron chi connectivity index (χ2n) is 5.70. The lowest BCUT2D eigenvalue weighted by molar-refractivity contribution is -0.356. The Labute approximate surface area is 132 Å². The highest BCUT2D eigenvalue weighted by Gasteiger charge is 2.73. The van der Waals surface area contributed by atoms with Crippen molar-refractivity contribution in [1.29, 1.82) is 0 Å². The molecule has 0 aliphatic rings. The summed E-state index contributed by atoms with van der Waals surface area (Å²) in [5.74, 6) is -13.7. The van der Waals surface area contributed by atoms with Crippen LogP contribution in [0.5, 0.6) is 0 Å². The molecule has 1 unspecified atom stereocenters. The molecule has 0 fully saturated rings. The number of alkyl carbamates (subject to hydrolysis) is 1. The summed E-state index contributed by atoms with van der Waals surface area (Å²) in [7, 11) is 0.673. The molecule has 0 aliphatic carbocycles. The number of alkyl halides is 7. The van der Waals surface area contributed by atoms with Gasteiger partial charge in [0.15, 0.2) is 0 Å². The molecule has 5 nitrogen and oxygen atoms in total. The third-order valence-electron chi connectivity index (χ3n) is 2.45. The molecule has 12 heteroatoms. The van der Waals surface area contributed by atoms with Gasteiger partial charge in [-0.25, -0.2) is 9.59 Å². The fourth-order valence-corrected chi connectivity index (χ4v) is 1.38. The monoisotopic (exact) mass is 371 g/mol. The van der Waals surface area contributed by atoms with E-state index in [9.17, 15) is 40.3 Å². The van der Waals surface area contributed by atoms with Crippen LogP contribution in [-0.4, -0.2) is 48.8 Å². The average Bonchev–Trinajstić information content (AvgIpc) is 2.32. The van der Waals surface area contributed by atoms with E-state index in [1.165, 1.54) is 26.1 Å². The van der Waals surface area contributed by atoms with Crippen LogP contribution in [0.4, 0.5) is 35.5 Å². The summed E-state index contributed by atoms with van der Waals surface area (Å²) < 4.78 is 97.4. The lowest BCUT2D eigenvalue weighted by Gasteiger charge is -2.30. The van der Waals surface area contributed by atoms with E-state index in [-0.39, 0.29) is 0 Å². The Morgan fingerprint density at radius 3 is 1.79 bits per heavy atom. The maximum atomic E-state index is 13.4. The van der Waals surface area contributed by atoms with Crippen LogP contribution in [0.15, 0.2) is 0 Å². The van der Waals surface area contributed by atoms with Crippen molar-refractivity contribution >= 4 is 12.1 Å². The van der Waals surface area contributed by atoms with Crippen LogP contribution in [0.25, 0.3) is 0 Å². The van der Waals surface area contributed by atoms with E-state index < -0.39 is 48.1 Å². The first kappa shape index (κ1) is 22.2. The number of ether oxygens (including phenoxy) is 2. The van der Waals surface area contributed by atoms with Crippen molar-refractivity contribution in [3.63, 3.8) is 0 Å². The Kier molecular flexibility index (Phi) is 6.50. The fraction of sp³-hybridized carbons (Fsp3) is 0.833. The predicted octanol–water partition coefficient (Wildman–Crippen LogP) is 3.28. The van der Waals surface area contributed by atoms with E-state index in [0.717, 1.165) is 0 Å². The van der Waals surface area contributed by atoms with Crippen LogP contribution in [0, 0.1) is 0 Å². The highest BCUT2D eigenvalue weighted by atomic mass is 19.4. The van der Waals surface area contributed by atoms with Crippen molar-refractivity contribution in [2.24, 2.45) is 0 Å². The van der Waals surface area contributed by atoms with Gasteiger partial charge in [0.05, 0.1) is 7.11 Å². The van der Waals surface area contributed by atoms with Crippen LogP contribution in [-0.2, 0) is 14.3 Å². The third kappa shape index (κ3) is 5.71. The molecule has 0 radical (unpaired) electrons. The first-order valence-electron chi connectivity index (χ1n) is 6.34. The number of carbonyl (C=O) groups is 2. The Balaban J connectivity index is 5.37. The quantitative estimate of drug-likeness (QED) is 0.595. The first-order valence-corrected chi connectivity index (χ1v) is 6.34. The lowest BCUT2D eigenvalue weighted by Crippen LogP contribution is -2.56. The molecule has 1 atom stereocenters. The van der Waals surface area contributed by atoms with Crippen LogP contribution < -0.4 is 5.32 Å². The molecule has 0 aromatic carbocycles. The number of carbonyl (C=O) groups excluding carboxylic acids is 2. The maximum Gasteiger partial charge on any atom is 0.459 e. The van der Waals surface area contributed by atoms with Crippen LogP contribution in [0.3, 0.4) is 0 Å². The summed E-state index contributed by atoms with van der Waals surface area (Å²) in [6.45, 7) is 4.10. The highest BCUT2D eigenvalue weighted by molar-refractivity contribution is 5.81. The maximum absolute atomic E-state index is 13.4. The number of hydrogen-bond donors (Lipinski definition) is 1. The van der Waals surface area contributed by atoms with Gasteiger partial charge < -0.3 is 14.8 Å². The van der Waals surface area contributed by atoms with Crippen molar-refractivity contribution < 1.29 is 49.8 Å². The molecule has 0 saturated carbocycles. The summed E-state index contributed by atoms with van der Waals surface area (Å²) in [6.07, 6.45) is -10.4. The third-order valence-corrected chi connectivity index (χ3v) is 2.45. The molecule has 0 aromatic heterocycles. The normalized spacial score (nSPS) is 14.8. The Morgan fingerprint density at radius 1 is 1.00 bits per heavy atom. The molecule has 0 spiro atoms. The summed E-state index contributed by atoms with van der Waals surface area (Å²) >= 11 is 0. The van der Waals surface area contributed by atoms with Crippen molar-refractivity contribution in [2.75, 3.05) is 7.11 Å². The minimum absolute atomic E-state index is 0.673. The Bertz CT molecular complexity index is 471. The van der Waals surface area contributed by atoms with E-state index >= 15 is 0 Å². The standard InChI is InChI=1S/C12H16F7NO4/c1-9(2,3)24-8(22)20-6(7(21)23-4)5-10(13,14)11(15,16)12(17,18)19/h6H,5H2,1-4H3,(H,20,22). The van der Waals surface area contributed by atoms with Crippen LogP contribution in [0.2, 0.25) is 0 Å². The van der Waals surface area contributed by atoms with Crippen molar-refractivity contribution in [1.82, 2.24) is 5.32 Å². The molecule has 1 N–H and O–H groups in total. The number of hydrogen-bond acceptors (Lipinski definition) is 4. The molecule has 0 heterocycles. The van der Waals surface area contributed by atoms with E-state index in [0.29, 0.717) is 7.11 Å². The number of methoxy groups -OCH3 is 1. The summed E-state index contributed by atoms with van der Waals surface area (Å²) in [4.78, 5) is 22.7. The number of esters is 1. The topological polar surface area (TPSA) is 64.6 Å². The van der Waals surface area contributed by atoms with Crippen molar-refractivity contribution in [3.05, 3.63) is 0 Å². The molecule has 24 heavy (non-hydrogen) atoms. The van der Waals surface area contributed by atoms with Gasteiger partial charge in [-0.1, -0.05) is 0 Å². The number of halogens is 7. The zero-order valence-electron chi connectivity index (χ0n) is 13.1. The van der Waals surface area contributed by atoms with Crippen molar-refractivity contribution in [2.45, 2.75) is 56.9 Å². The molecule has 142 valence electrons. The first-order chi connectivity index (χ1) is 10.4. The van der Waals surface area contributed by atoms with Crippen LogP contribution >= 0.6 is 0 Å². The minimum atomic E-state index is -6.55. The zero-order valence-corrected chi connectivity index (χ0v) is 13.1. The van der Waals surface area contributed by atoms with Gasteiger partial charge in [0.1, 0.15) is 11.6 Å². The SMILES string of the molecule is COC(=O)C(CC(F)(F)C(F)(F)C(F)(F)F)NC(=O)OC(C)(C)C. The minimum Gasteiger partial charge on any atom is -0.467 e. The van der Waals surface area contributed by atoms with Gasteiger partial charge in [0.25, 0.3) is 0 Å². The van der Waals surface area contributed by atoms with Crippen LogP contribution in [0.1, 0.15) is 27.2 Å². The zero-order chi connectivity index (χ0) is 19.6. The molecule has 0 aromatic rings. The molecule has 0 bridgehead atoms. The summed E-state index contributed by atoms with van der Waals surface area (Å²) in [5, 5.41) is 1.49. The second-order valence-corrected chi connectivity index (χ2v) is 5.70. The molecular weight excluding hydrogens is 355 g/mol. The molecule has 1 amide bonds. The van der Waals surface area contributed by atoms with E-state index in [1.807, 2.05) is 0 Å². The Morgan fingerprint density at radius 2 is 1.46 bits per heavy atom. The van der Waals surface area contributed by atoms with Gasteiger partial charge in [-0.05, 0) is 20.8 Å². The smallest absolute Gasteiger partial charge is 0.459 e. The highest BCUT2D eigenvalue weighted by Crippen LogP contribution is 2.48. The lowest BCUT2D eigenvalue weighted by atomic mass is 10.0. The average molecular weight is 371 g/mol. The van der Waals surface area contributed by atoms with Crippen molar-refractivity contribution in [3.8, 4) is 0 Å². The van der Waals surface area contributed by atoms with Gasteiger partial charge in [0.2, 0.25) is 0 Å². The summed E-state index contributed by atoms with van der Waals surface area (Å²) in [5.41, 5.74) is -1.14. The van der Waals surface area contributed by atoms with Gasteiger partial charge in [-0.15, -0.1) is 0 Å². The number of rotatable bonds is 5. The largest absolute Gasteiger partial charge is 0.467 e. The molecule has 0 saturated heterocycles. The number of nitrogens with one attached hydrogen (secondary N) is 1. The van der Waals surface area contributed by atoms with Gasteiger partial charge in [-0.3, -0.25) is 0 Å². The molecule has 0 aliphatic heterocycles. The van der Waals surface area contributed by atoms with E-state index in [2.05, 4.69) is 9.47 Å². The molecule has 0 rings (SSSR count). The molecular formula is C12H16F7NO4. The van der Waals surface area contributed by atoms with E-state index in [4.69, 9.17) is 0 Å². The van der Waals surface area contributed by atoms with Gasteiger partial charge in [-0.2, -0.15) is 30.7 Å². The van der Waals surface area contributed by atoms with Gasteiger partial charge in [0, 0.05) is 6.42 Å². The summed E-state index contributed by atoms with van der Waals surface area (Å²) in [6, 6.07) is -2.48. The van der Waals surface area contributed by atoms with E-state index in [1.54, 1.807) is 0 Å². The Hall–Kier alpha value is -1.75. The van der Waals surface area contributed by atoms with Gasteiger partial charge >= 0.3 is 30.1 Å². The number of amides is 1. The second kappa shape index (κ2) is 7.01. The fourth-order valence-electron chi connectivity index (χ4n) is 1.38. The predicted molar refractivity (Wildman–Crippen MR) is 65.7 cm³/mol.